The topological polar surface area (TPSA) is 6.48 Å². The van der Waals surface area contributed by atoms with Crippen molar-refractivity contribution in [2.75, 3.05) is 24.9 Å². The lowest BCUT2D eigenvalue weighted by molar-refractivity contribution is 0.321. The van der Waals surface area contributed by atoms with Gasteiger partial charge in [0.2, 0.25) is 0 Å². The quantitative estimate of drug-likeness (QED) is 0.692. The van der Waals surface area contributed by atoms with Crippen molar-refractivity contribution in [3.05, 3.63) is 52.0 Å². The molecule has 0 radical (unpaired) electrons. The highest BCUT2D eigenvalue weighted by Crippen LogP contribution is 2.36. The van der Waals surface area contributed by atoms with E-state index in [1.807, 2.05) is 0 Å². The van der Waals surface area contributed by atoms with Crippen LogP contribution < -0.4 is 4.90 Å². The summed E-state index contributed by atoms with van der Waals surface area (Å²) in [6.45, 7) is 4.10. The van der Waals surface area contributed by atoms with E-state index in [9.17, 15) is 0 Å². The maximum absolute atomic E-state index is 3.58. The monoisotopic (exact) mass is 362 g/mol. The predicted octanol–water partition coefficient (Wildman–Crippen LogP) is 5.02. The molecule has 0 aliphatic carbocycles. The minimum atomic E-state index is 0.923. The zero-order valence-electron chi connectivity index (χ0n) is 12.6. The molecule has 2 aromatic carbocycles. The van der Waals surface area contributed by atoms with E-state index in [4.69, 9.17) is 0 Å². The van der Waals surface area contributed by atoms with Gasteiger partial charge in [0.1, 0.15) is 0 Å². The number of benzene rings is 2. The van der Waals surface area contributed by atoms with Crippen molar-refractivity contribution in [1.29, 1.82) is 0 Å². The van der Waals surface area contributed by atoms with Crippen LogP contribution in [0.2, 0.25) is 0 Å². The summed E-state index contributed by atoms with van der Waals surface area (Å²) in [6.07, 6.45) is 2.13. The summed E-state index contributed by atoms with van der Waals surface area (Å²) in [5.74, 6) is 0. The van der Waals surface area contributed by atoms with Crippen LogP contribution in [0.25, 0.3) is 0 Å². The lowest BCUT2D eigenvalue weighted by Crippen LogP contribution is -2.37. The normalized spacial score (nSPS) is 15.1. The Labute approximate surface area is 139 Å². The summed E-state index contributed by atoms with van der Waals surface area (Å²) in [4.78, 5) is 6.08. The molecule has 1 aliphatic rings. The molecule has 4 heteroatoms. The molecular weight excluding hydrogens is 344 g/mol. The van der Waals surface area contributed by atoms with Gasteiger partial charge >= 0.3 is 0 Å². The molecule has 0 unspecified atom stereocenters. The third-order valence-corrected chi connectivity index (χ3v) is 5.24. The van der Waals surface area contributed by atoms with Gasteiger partial charge in [-0.25, -0.2) is 0 Å². The molecule has 3 rings (SSSR count). The zero-order valence-corrected chi connectivity index (χ0v) is 15.0. The summed E-state index contributed by atoms with van der Waals surface area (Å²) in [6, 6.07) is 13.3. The van der Waals surface area contributed by atoms with Crippen molar-refractivity contribution in [3.63, 3.8) is 0 Å². The van der Waals surface area contributed by atoms with E-state index in [0.29, 0.717) is 0 Å². The van der Waals surface area contributed by atoms with Crippen LogP contribution in [0.15, 0.2) is 45.8 Å². The first-order valence-corrected chi connectivity index (χ1v) is 8.99. The average molecular weight is 363 g/mol. The van der Waals surface area contributed by atoms with Crippen LogP contribution in [-0.4, -0.2) is 24.9 Å². The van der Waals surface area contributed by atoms with Gasteiger partial charge in [-0.05, 0) is 67.8 Å². The summed E-state index contributed by atoms with van der Waals surface area (Å²) in [5.41, 5.74) is 5.28. The Bertz CT molecular complexity index is 672. The molecule has 0 saturated carbocycles. The molecular formula is C17H19BrN2S. The molecule has 2 aromatic rings. The van der Waals surface area contributed by atoms with Gasteiger partial charge in [0.15, 0.2) is 0 Å². The Hall–Kier alpha value is -0.970. The molecule has 2 nitrogen and oxygen atoms in total. The minimum absolute atomic E-state index is 0.923. The number of anilines is 2. The Balaban J connectivity index is 2.05. The van der Waals surface area contributed by atoms with Gasteiger partial charge in [-0.1, -0.05) is 15.9 Å². The smallest absolute Gasteiger partial charge is 0.0757 e. The van der Waals surface area contributed by atoms with E-state index >= 15 is 0 Å². The first-order valence-electron chi connectivity index (χ1n) is 6.97. The second-order valence-corrected chi connectivity index (χ2v) is 7.27. The molecule has 0 aromatic heterocycles. The number of thioether (sulfide) groups is 1. The van der Waals surface area contributed by atoms with Gasteiger partial charge in [0.05, 0.1) is 6.67 Å². The number of fused-ring (bicyclic) bond motifs is 1. The van der Waals surface area contributed by atoms with Crippen LogP contribution in [-0.2, 0) is 6.54 Å². The molecule has 21 heavy (non-hydrogen) atoms. The number of aryl methyl sites for hydroxylation is 1. The molecule has 0 fully saturated rings. The molecule has 0 saturated heterocycles. The average Bonchev–Trinajstić information content (AvgIpc) is 2.45. The second-order valence-electron chi connectivity index (χ2n) is 5.51. The van der Waals surface area contributed by atoms with Gasteiger partial charge in [0.25, 0.3) is 0 Å². The number of halogens is 1. The van der Waals surface area contributed by atoms with Crippen LogP contribution in [0.1, 0.15) is 11.1 Å². The van der Waals surface area contributed by atoms with Crippen molar-refractivity contribution in [2.45, 2.75) is 18.4 Å². The molecule has 0 N–H and O–H groups in total. The van der Waals surface area contributed by atoms with Crippen molar-refractivity contribution in [1.82, 2.24) is 4.90 Å². The highest BCUT2D eigenvalue weighted by molar-refractivity contribution is 9.10. The van der Waals surface area contributed by atoms with Crippen molar-refractivity contribution >= 4 is 39.1 Å². The molecule has 0 spiro atoms. The maximum Gasteiger partial charge on any atom is 0.0757 e. The predicted molar refractivity (Wildman–Crippen MR) is 95.6 cm³/mol. The lowest BCUT2D eigenvalue weighted by atomic mass is 10.1. The van der Waals surface area contributed by atoms with E-state index in [2.05, 4.69) is 82.4 Å². The fourth-order valence-corrected chi connectivity index (χ4v) is 3.85. The maximum atomic E-state index is 3.58. The van der Waals surface area contributed by atoms with Gasteiger partial charge in [-0.15, -0.1) is 11.8 Å². The summed E-state index contributed by atoms with van der Waals surface area (Å²) in [5, 5.41) is 0. The van der Waals surface area contributed by atoms with E-state index < -0.39 is 0 Å². The van der Waals surface area contributed by atoms with Gasteiger partial charge < -0.3 is 4.90 Å². The van der Waals surface area contributed by atoms with Crippen LogP contribution in [0.5, 0.6) is 0 Å². The fraction of sp³-hybridized carbons (Fsp3) is 0.294. The Morgan fingerprint density at radius 3 is 2.67 bits per heavy atom. The molecule has 0 amide bonds. The summed E-state index contributed by atoms with van der Waals surface area (Å²) >= 11 is 5.38. The fourth-order valence-electron chi connectivity index (χ4n) is 2.85. The van der Waals surface area contributed by atoms with Crippen molar-refractivity contribution in [2.24, 2.45) is 0 Å². The molecule has 110 valence electrons. The first-order chi connectivity index (χ1) is 10.1. The molecule has 0 atom stereocenters. The SMILES string of the molecule is CSc1ccc(N2CN(C)Cc3cc(Br)ccc32)cc1C. The third-order valence-electron chi connectivity index (χ3n) is 3.85. The highest BCUT2D eigenvalue weighted by Gasteiger charge is 2.21. The number of hydrogen-bond acceptors (Lipinski definition) is 3. The summed E-state index contributed by atoms with van der Waals surface area (Å²) < 4.78 is 1.14. The lowest BCUT2D eigenvalue weighted by Gasteiger charge is -2.37. The highest BCUT2D eigenvalue weighted by atomic mass is 79.9. The van der Waals surface area contributed by atoms with Gasteiger partial charge in [0, 0.05) is 27.3 Å². The van der Waals surface area contributed by atoms with Crippen LogP contribution in [0, 0.1) is 6.92 Å². The number of hydrogen-bond donors (Lipinski definition) is 0. The largest absolute Gasteiger partial charge is 0.328 e. The van der Waals surface area contributed by atoms with Crippen LogP contribution >= 0.6 is 27.7 Å². The van der Waals surface area contributed by atoms with E-state index in [1.54, 1.807) is 11.8 Å². The summed E-state index contributed by atoms with van der Waals surface area (Å²) in [7, 11) is 2.17. The molecule has 0 bridgehead atoms. The van der Waals surface area contributed by atoms with E-state index in [0.717, 1.165) is 17.7 Å². The number of rotatable bonds is 2. The first kappa shape index (κ1) is 14.9. The van der Waals surface area contributed by atoms with E-state index in [1.165, 1.54) is 27.4 Å². The zero-order chi connectivity index (χ0) is 15.0. The molecule has 1 aliphatic heterocycles. The van der Waals surface area contributed by atoms with Crippen LogP contribution in [0.3, 0.4) is 0 Å². The molecule has 1 heterocycles. The standard InChI is InChI=1S/C17H19BrN2S/c1-12-8-15(5-7-17(12)21-3)20-11-19(2)10-13-9-14(18)4-6-16(13)20/h4-9H,10-11H2,1-3H3. The Kier molecular flexibility index (Phi) is 4.29. The Morgan fingerprint density at radius 2 is 1.95 bits per heavy atom. The van der Waals surface area contributed by atoms with E-state index in [-0.39, 0.29) is 0 Å². The van der Waals surface area contributed by atoms with Crippen LogP contribution in [0.4, 0.5) is 11.4 Å². The van der Waals surface area contributed by atoms with Crippen molar-refractivity contribution < 1.29 is 0 Å². The van der Waals surface area contributed by atoms with Gasteiger partial charge in [-0.2, -0.15) is 0 Å². The third kappa shape index (κ3) is 2.98. The van der Waals surface area contributed by atoms with Gasteiger partial charge in [-0.3, -0.25) is 4.90 Å². The second kappa shape index (κ2) is 6.03. The number of nitrogens with zero attached hydrogens (tertiary/aromatic N) is 2. The van der Waals surface area contributed by atoms with Crippen molar-refractivity contribution in [3.8, 4) is 0 Å². The minimum Gasteiger partial charge on any atom is -0.328 e. The Morgan fingerprint density at radius 1 is 1.14 bits per heavy atom.